The van der Waals surface area contributed by atoms with Crippen LogP contribution in [0, 0.1) is 0 Å². The van der Waals surface area contributed by atoms with Gasteiger partial charge in [-0.15, -0.1) is 11.8 Å². The minimum absolute atomic E-state index is 0.332. The van der Waals surface area contributed by atoms with E-state index in [0.717, 1.165) is 48.7 Å². The summed E-state index contributed by atoms with van der Waals surface area (Å²) in [6.07, 6.45) is 1.26. The number of fused-ring (bicyclic) bond motifs is 1. The van der Waals surface area contributed by atoms with E-state index in [2.05, 4.69) is 20.2 Å². The van der Waals surface area contributed by atoms with Crippen molar-refractivity contribution in [2.24, 2.45) is 0 Å². The number of para-hydroxylation sites is 1. The van der Waals surface area contributed by atoms with Crippen LogP contribution in [0.2, 0.25) is 0 Å². The van der Waals surface area contributed by atoms with Gasteiger partial charge in [-0.3, -0.25) is 4.90 Å². The van der Waals surface area contributed by atoms with Crippen molar-refractivity contribution >= 4 is 22.7 Å². The lowest BCUT2D eigenvalue weighted by Gasteiger charge is -2.28. The van der Waals surface area contributed by atoms with Crippen LogP contribution in [0.1, 0.15) is 0 Å². The molecule has 21 heavy (non-hydrogen) atoms. The molecule has 0 aliphatic carbocycles. The summed E-state index contributed by atoms with van der Waals surface area (Å²) in [6.45, 7) is 4.78. The van der Waals surface area contributed by atoms with Gasteiger partial charge in [-0.2, -0.15) is 0 Å². The molecular weight excluding hydrogens is 284 g/mol. The molecular formula is C15H20N4OS. The summed E-state index contributed by atoms with van der Waals surface area (Å²) in [7, 11) is 0. The molecule has 5 nitrogen and oxygen atoms in total. The van der Waals surface area contributed by atoms with Gasteiger partial charge in [-0.25, -0.2) is 9.97 Å². The zero-order valence-corrected chi connectivity index (χ0v) is 12.7. The first kappa shape index (κ1) is 14.7. The molecule has 1 saturated heterocycles. The SMILES string of the molecule is OC(CSc1ncnc2ccccc12)CN1CCNCC1. The Morgan fingerprint density at radius 3 is 2.90 bits per heavy atom. The summed E-state index contributed by atoms with van der Waals surface area (Å²) in [6, 6.07) is 7.98. The fourth-order valence-corrected chi connectivity index (χ4v) is 3.42. The van der Waals surface area contributed by atoms with Gasteiger partial charge < -0.3 is 10.4 Å². The summed E-state index contributed by atoms with van der Waals surface area (Å²) >= 11 is 1.60. The van der Waals surface area contributed by atoms with Crippen molar-refractivity contribution in [3.8, 4) is 0 Å². The minimum Gasteiger partial charge on any atom is -0.391 e. The first-order chi connectivity index (χ1) is 10.3. The van der Waals surface area contributed by atoms with Crippen LogP contribution in [0.4, 0.5) is 0 Å². The molecule has 0 spiro atoms. The van der Waals surface area contributed by atoms with Gasteiger partial charge in [0.2, 0.25) is 0 Å². The number of nitrogens with one attached hydrogen (secondary N) is 1. The number of nitrogens with zero attached hydrogens (tertiary/aromatic N) is 3. The highest BCUT2D eigenvalue weighted by atomic mass is 32.2. The number of benzene rings is 1. The molecule has 0 amide bonds. The van der Waals surface area contributed by atoms with Gasteiger partial charge in [0, 0.05) is 43.9 Å². The number of thioether (sulfide) groups is 1. The third-order valence-electron chi connectivity index (χ3n) is 3.60. The van der Waals surface area contributed by atoms with Crippen molar-refractivity contribution < 1.29 is 5.11 Å². The molecule has 0 bridgehead atoms. The minimum atomic E-state index is -0.332. The Kier molecular flexibility index (Phi) is 5.03. The number of aliphatic hydroxyl groups excluding tert-OH is 1. The molecule has 1 fully saturated rings. The van der Waals surface area contributed by atoms with E-state index in [9.17, 15) is 5.11 Å². The second-order valence-corrected chi connectivity index (χ2v) is 6.22. The molecule has 3 rings (SSSR count). The van der Waals surface area contributed by atoms with Crippen LogP contribution in [0.3, 0.4) is 0 Å². The van der Waals surface area contributed by atoms with Crippen molar-refractivity contribution in [3.63, 3.8) is 0 Å². The lowest BCUT2D eigenvalue weighted by atomic mass is 10.2. The Hall–Kier alpha value is -1.21. The van der Waals surface area contributed by atoms with E-state index in [1.807, 2.05) is 24.3 Å². The number of hydrogen-bond donors (Lipinski definition) is 2. The standard InChI is InChI=1S/C15H20N4OS/c20-12(9-19-7-5-16-6-8-19)10-21-15-13-3-1-2-4-14(13)17-11-18-15/h1-4,11-12,16,20H,5-10H2. The Morgan fingerprint density at radius 1 is 1.24 bits per heavy atom. The van der Waals surface area contributed by atoms with E-state index in [4.69, 9.17) is 0 Å². The predicted octanol–water partition coefficient (Wildman–Crippen LogP) is 0.988. The molecule has 1 aromatic carbocycles. The van der Waals surface area contributed by atoms with Crippen LogP contribution >= 0.6 is 11.8 Å². The zero-order valence-electron chi connectivity index (χ0n) is 11.9. The van der Waals surface area contributed by atoms with Crippen LogP contribution in [0.25, 0.3) is 10.9 Å². The molecule has 1 aliphatic heterocycles. The lowest BCUT2D eigenvalue weighted by molar-refractivity contribution is 0.121. The van der Waals surface area contributed by atoms with Gasteiger partial charge >= 0.3 is 0 Å². The molecule has 2 heterocycles. The molecule has 112 valence electrons. The second-order valence-electron chi connectivity index (χ2n) is 5.21. The largest absolute Gasteiger partial charge is 0.391 e. The third kappa shape index (κ3) is 3.91. The molecule has 0 radical (unpaired) electrons. The van der Waals surface area contributed by atoms with Gasteiger partial charge in [0.25, 0.3) is 0 Å². The molecule has 1 unspecified atom stereocenters. The molecule has 1 atom stereocenters. The normalized spacial score (nSPS) is 18.0. The number of β-amino-alcohol motifs (C(OH)–C–C–N with tert-alkyl or cyclic N) is 1. The van der Waals surface area contributed by atoms with Crippen LogP contribution < -0.4 is 5.32 Å². The van der Waals surface area contributed by atoms with E-state index >= 15 is 0 Å². The van der Waals surface area contributed by atoms with Crippen molar-refractivity contribution in [1.29, 1.82) is 0 Å². The molecule has 1 aliphatic rings. The first-order valence-electron chi connectivity index (χ1n) is 7.26. The maximum absolute atomic E-state index is 10.2. The molecule has 6 heteroatoms. The number of piperazine rings is 1. The van der Waals surface area contributed by atoms with Gasteiger partial charge in [0.15, 0.2) is 0 Å². The summed E-state index contributed by atoms with van der Waals surface area (Å²) < 4.78 is 0. The van der Waals surface area contributed by atoms with E-state index in [0.29, 0.717) is 5.75 Å². The average Bonchev–Trinajstić information content (AvgIpc) is 2.54. The van der Waals surface area contributed by atoms with E-state index < -0.39 is 0 Å². The van der Waals surface area contributed by atoms with Crippen LogP contribution in [-0.4, -0.2) is 64.6 Å². The van der Waals surface area contributed by atoms with E-state index in [1.165, 1.54) is 0 Å². The van der Waals surface area contributed by atoms with Gasteiger partial charge in [0.1, 0.15) is 11.4 Å². The summed E-state index contributed by atoms with van der Waals surface area (Å²) in [5, 5.41) is 15.5. The van der Waals surface area contributed by atoms with E-state index in [-0.39, 0.29) is 6.10 Å². The van der Waals surface area contributed by atoms with Gasteiger partial charge in [-0.1, -0.05) is 18.2 Å². The summed E-state index contributed by atoms with van der Waals surface area (Å²) in [5.74, 6) is 0.658. The third-order valence-corrected chi connectivity index (χ3v) is 4.75. The molecule has 0 saturated carbocycles. The highest BCUT2D eigenvalue weighted by molar-refractivity contribution is 7.99. The number of hydrogen-bond acceptors (Lipinski definition) is 6. The smallest absolute Gasteiger partial charge is 0.117 e. The number of aromatic nitrogens is 2. The summed E-state index contributed by atoms with van der Waals surface area (Å²) in [5.41, 5.74) is 0.951. The molecule has 1 aromatic heterocycles. The van der Waals surface area contributed by atoms with Gasteiger partial charge in [0.05, 0.1) is 11.6 Å². The maximum Gasteiger partial charge on any atom is 0.117 e. The average molecular weight is 304 g/mol. The van der Waals surface area contributed by atoms with Crippen molar-refractivity contribution in [2.45, 2.75) is 11.1 Å². The predicted molar refractivity (Wildman–Crippen MR) is 85.6 cm³/mol. The highest BCUT2D eigenvalue weighted by Gasteiger charge is 2.15. The Balaban J connectivity index is 1.58. The fourth-order valence-electron chi connectivity index (χ4n) is 2.51. The van der Waals surface area contributed by atoms with Gasteiger partial charge in [-0.05, 0) is 6.07 Å². The van der Waals surface area contributed by atoms with Crippen molar-refractivity contribution in [1.82, 2.24) is 20.2 Å². The van der Waals surface area contributed by atoms with E-state index in [1.54, 1.807) is 18.1 Å². The maximum atomic E-state index is 10.2. The topological polar surface area (TPSA) is 61.3 Å². The molecule has 2 aromatic rings. The van der Waals surface area contributed by atoms with Crippen LogP contribution in [-0.2, 0) is 0 Å². The lowest BCUT2D eigenvalue weighted by Crippen LogP contribution is -2.46. The highest BCUT2D eigenvalue weighted by Crippen LogP contribution is 2.24. The monoisotopic (exact) mass is 304 g/mol. The summed E-state index contributed by atoms with van der Waals surface area (Å²) in [4.78, 5) is 10.9. The first-order valence-corrected chi connectivity index (χ1v) is 8.25. The Bertz CT molecular complexity index is 583. The van der Waals surface area contributed by atoms with Crippen molar-refractivity contribution in [3.05, 3.63) is 30.6 Å². The zero-order chi connectivity index (χ0) is 14.5. The number of rotatable bonds is 5. The number of aliphatic hydroxyl groups is 1. The van der Waals surface area contributed by atoms with Crippen LogP contribution in [0.15, 0.2) is 35.6 Å². The molecule has 2 N–H and O–H groups in total. The quantitative estimate of drug-likeness (QED) is 0.634. The fraction of sp³-hybridized carbons (Fsp3) is 0.467. The van der Waals surface area contributed by atoms with Crippen molar-refractivity contribution in [2.75, 3.05) is 38.5 Å². The van der Waals surface area contributed by atoms with Crippen LogP contribution in [0.5, 0.6) is 0 Å². The Morgan fingerprint density at radius 2 is 2.05 bits per heavy atom. The second kappa shape index (κ2) is 7.17. The Labute approximate surface area is 128 Å².